The molecule has 0 aromatic heterocycles. The van der Waals surface area contributed by atoms with Crippen LogP contribution in [0.5, 0.6) is 0 Å². The largest absolute Gasteiger partial charge is 0.444 e. The Morgan fingerprint density at radius 3 is 2.30 bits per heavy atom. The lowest BCUT2D eigenvalue weighted by Crippen LogP contribution is -2.41. The van der Waals surface area contributed by atoms with E-state index in [2.05, 4.69) is 5.32 Å². The van der Waals surface area contributed by atoms with Crippen LogP contribution in [0.15, 0.2) is 36.4 Å². The number of carbonyl (C=O) groups excluding carboxylic acids is 2. The zero-order valence-corrected chi connectivity index (χ0v) is 19.2. The van der Waals surface area contributed by atoms with E-state index in [9.17, 15) is 18.4 Å². The van der Waals surface area contributed by atoms with E-state index in [0.29, 0.717) is 35.8 Å². The number of fused-ring (bicyclic) bond motifs is 1. The van der Waals surface area contributed by atoms with Gasteiger partial charge in [-0.25, -0.2) is 18.4 Å². The fourth-order valence-corrected chi connectivity index (χ4v) is 4.33. The van der Waals surface area contributed by atoms with Crippen molar-refractivity contribution < 1.29 is 23.1 Å². The van der Waals surface area contributed by atoms with Gasteiger partial charge in [-0.05, 0) is 68.9 Å². The van der Waals surface area contributed by atoms with Gasteiger partial charge in [-0.1, -0.05) is 12.1 Å². The van der Waals surface area contributed by atoms with E-state index >= 15 is 0 Å². The van der Waals surface area contributed by atoms with Crippen LogP contribution < -0.4 is 5.32 Å². The second kappa shape index (κ2) is 9.00. The van der Waals surface area contributed by atoms with Gasteiger partial charge in [-0.3, -0.25) is 0 Å². The molecule has 176 valence electrons. The fraction of sp³-hybridized carbons (Fsp3) is 0.440. The first-order valence-corrected chi connectivity index (χ1v) is 11.2. The molecular weight excluding hydrogens is 428 g/mol. The number of benzene rings is 2. The number of carbonyl (C=O) groups is 2. The van der Waals surface area contributed by atoms with Gasteiger partial charge in [0.2, 0.25) is 0 Å². The maximum Gasteiger partial charge on any atom is 0.410 e. The van der Waals surface area contributed by atoms with Gasteiger partial charge in [-0.15, -0.1) is 0 Å². The molecule has 33 heavy (non-hydrogen) atoms. The smallest absolute Gasteiger partial charge is 0.410 e. The SMILES string of the molecule is CC(C)(C)OC(=O)N1CCC(c2ccc(NC(=O)N3Cc4cc(F)cc(F)c4C3)cc2)CC1. The summed E-state index contributed by atoms with van der Waals surface area (Å²) >= 11 is 0. The zero-order chi connectivity index (χ0) is 23.8. The summed E-state index contributed by atoms with van der Waals surface area (Å²) in [6.07, 6.45) is 1.42. The number of ether oxygens (including phenoxy) is 1. The normalized spacial score (nSPS) is 16.5. The highest BCUT2D eigenvalue weighted by molar-refractivity contribution is 5.89. The van der Waals surface area contributed by atoms with E-state index in [1.807, 2.05) is 45.0 Å². The van der Waals surface area contributed by atoms with Crippen LogP contribution in [0.1, 0.15) is 56.2 Å². The Labute approximate surface area is 192 Å². The Morgan fingerprint density at radius 2 is 1.67 bits per heavy atom. The number of nitrogens with zero attached hydrogens (tertiary/aromatic N) is 2. The molecule has 0 spiro atoms. The number of rotatable bonds is 2. The number of urea groups is 1. The van der Waals surface area contributed by atoms with Crippen LogP contribution in [0.25, 0.3) is 0 Å². The van der Waals surface area contributed by atoms with Gasteiger partial charge in [-0.2, -0.15) is 0 Å². The number of hydrogen-bond donors (Lipinski definition) is 1. The lowest BCUT2D eigenvalue weighted by atomic mass is 9.89. The highest BCUT2D eigenvalue weighted by Crippen LogP contribution is 2.30. The molecule has 2 aromatic rings. The van der Waals surface area contributed by atoms with Gasteiger partial charge in [0, 0.05) is 37.0 Å². The van der Waals surface area contributed by atoms with Crippen molar-refractivity contribution in [3.05, 3.63) is 64.7 Å². The number of anilines is 1. The van der Waals surface area contributed by atoms with Crippen molar-refractivity contribution in [2.45, 2.75) is 58.2 Å². The summed E-state index contributed by atoms with van der Waals surface area (Å²) in [4.78, 5) is 28.1. The maximum absolute atomic E-state index is 14.0. The van der Waals surface area contributed by atoms with Crippen molar-refractivity contribution >= 4 is 17.8 Å². The number of likely N-dealkylation sites (tertiary alicyclic amines) is 1. The molecule has 4 rings (SSSR count). The summed E-state index contributed by atoms with van der Waals surface area (Å²) in [5.74, 6) is -0.928. The summed E-state index contributed by atoms with van der Waals surface area (Å²) < 4.78 is 32.8. The first kappa shape index (κ1) is 23.0. The molecule has 0 unspecified atom stereocenters. The minimum Gasteiger partial charge on any atom is -0.444 e. The molecule has 8 heteroatoms. The van der Waals surface area contributed by atoms with Crippen LogP contribution in [-0.2, 0) is 17.8 Å². The Morgan fingerprint density at radius 1 is 1.00 bits per heavy atom. The predicted octanol–water partition coefficient (Wildman–Crippen LogP) is 5.63. The average Bonchev–Trinajstić information content (AvgIpc) is 3.18. The molecule has 2 aromatic carbocycles. The highest BCUT2D eigenvalue weighted by atomic mass is 19.1. The number of nitrogens with one attached hydrogen (secondary N) is 1. The number of hydrogen-bond acceptors (Lipinski definition) is 3. The third-order valence-electron chi connectivity index (χ3n) is 6.03. The van der Waals surface area contributed by atoms with Crippen molar-refractivity contribution in [2.75, 3.05) is 18.4 Å². The van der Waals surface area contributed by atoms with E-state index in [4.69, 9.17) is 4.74 Å². The molecule has 2 aliphatic heterocycles. The molecule has 0 atom stereocenters. The van der Waals surface area contributed by atoms with Crippen molar-refractivity contribution in [3.8, 4) is 0 Å². The van der Waals surface area contributed by atoms with E-state index in [1.54, 1.807) is 4.90 Å². The van der Waals surface area contributed by atoms with Gasteiger partial charge in [0.1, 0.15) is 17.2 Å². The number of halogens is 2. The first-order valence-electron chi connectivity index (χ1n) is 11.2. The minimum absolute atomic E-state index is 0.113. The topological polar surface area (TPSA) is 61.9 Å². The Balaban J connectivity index is 1.30. The molecule has 0 aliphatic carbocycles. The molecule has 0 bridgehead atoms. The molecule has 2 aliphatic rings. The van der Waals surface area contributed by atoms with E-state index in [0.717, 1.165) is 24.5 Å². The van der Waals surface area contributed by atoms with Crippen molar-refractivity contribution in [1.29, 1.82) is 0 Å². The van der Waals surface area contributed by atoms with Crippen LogP contribution in [0.2, 0.25) is 0 Å². The van der Waals surface area contributed by atoms with Gasteiger partial charge in [0.25, 0.3) is 0 Å². The van der Waals surface area contributed by atoms with Gasteiger partial charge < -0.3 is 19.9 Å². The van der Waals surface area contributed by atoms with E-state index in [-0.39, 0.29) is 25.2 Å². The van der Waals surface area contributed by atoms with Gasteiger partial charge in [0.05, 0.1) is 6.54 Å². The summed E-state index contributed by atoms with van der Waals surface area (Å²) in [5, 5.41) is 2.83. The Kier molecular flexibility index (Phi) is 6.28. The van der Waals surface area contributed by atoms with Crippen molar-refractivity contribution in [2.24, 2.45) is 0 Å². The summed E-state index contributed by atoms with van der Waals surface area (Å²) in [7, 11) is 0. The molecule has 0 radical (unpaired) electrons. The van der Waals surface area contributed by atoms with Crippen molar-refractivity contribution in [1.82, 2.24) is 9.80 Å². The van der Waals surface area contributed by atoms with Crippen LogP contribution in [0.3, 0.4) is 0 Å². The second-order valence-electron chi connectivity index (χ2n) is 9.68. The van der Waals surface area contributed by atoms with Crippen molar-refractivity contribution in [3.63, 3.8) is 0 Å². The lowest BCUT2D eigenvalue weighted by Gasteiger charge is -2.33. The Hall–Kier alpha value is -3.16. The molecule has 3 amide bonds. The third kappa shape index (κ3) is 5.43. The second-order valence-corrected chi connectivity index (χ2v) is 9.68. The summed E-state index contributed by atoms with van der Waals surface area (Å²) in [5.41, 5.74) is 2.15. The lowest BCUT2D eigenvalue weighted by molar-refractivity contribution is 0.0205. The van der Waals surface area contributed by atoms with E-state index < -0.39 is 17.2 Å². The molecule has 1 fully saturated rings. The molecule has 6 nitrogen and oxygen atoms in total. The predicted molar refractivity (Wildman–Crippen MR) is 121 cm³/mol. The highest BCUT2D eigenvalue weighted by Gasteiger charge is 2.28. The van der Waals surface area contributed by atoms with Gasteiger partial charge >= 0.3 is 12.1 Å². The Bertz CT molecular complexity index is 1040. The minimum atomic E-state index is -0.638. The zero-order valence-electron chi connectivity index (χ0n) is 19.2. The number of piperidine rings is 1. The first-order chi connectivity index (χ1) is 15.6. The van der Waals surface area contributed by atoms with Crippen LogP contribution in [-0.4, -0.2) is 40.6 Å². The van der Waals surface area contributed by atoms with E-state index in [1.165, 1.54) is 11.0 Å². The molecule has 0 saturated carbocycles. The quantitative estimate of drug-likeness (QED) is 0.636. The molecule has 2 heterocycles. The summed E-state index contributed by atoms with van der Waals surface area (Å²) in [6, 6.07) is 9.41. The van der Waals surface area contributed by atoms with Crippen LogP contribution in [0, 0.1) is 11.6 Å². The molecular formula is C25H29F2N3O3. The molecule has 1 saturated heterocycles. The third-order valence-corrected chi connectivity index (χ3v) is 6.03. The standard InChI is InChI=1S/C25H29F2N3O3/c1-25(2,3)33-24(32)29-10-8-17(9-11-29)16-4-6-20(7-5-16)28-23(31)30-14-18-12-19(26)13-22(27)21(18)15-30/h4-7,12-13,17H,8-11,14-15H2,1-3H3,(H,28,31). The van der Waals surface area contributed by atoms with Crippen LogP contribution >= 0.6 is 0 Å². The average molecular weight is 458 g/mol. The molecule has 1 N–H and O–H groups in total. The maximum atomic E-state index is 14.0. The van der Waals surface area contributed by atoms with Crippen LogP contribution in [0.4, 0.5) is 24.1 Å². The van der Waals surface area contributed by atoms with Gasteiger partial charge in [0.15, 0.2) is 0 Å². The monoisotopic (exact) mass is 457 g/mol. The number of amides is 3. The summed E-state index contributed by atoms with van der Waals surface area (Å²) in [6.45, 7) is 7.15. The fourth-order valence-electron chi connectivity index (χ4n) is 4.33.